The highest BCUT2D eigenvalue weighted by Crippen LogP contribution is 2.17. The molecule has 2 amide bonds. The van der Waals surface area contributed by atoms with E-state index >= 15 is 0 Å². The molecule has 4 N–H and O–H groups in total. The Bertz CT molecular complexity index is 305. The van der Waals surface area contributed by atoms with Crippen molar-refractivity contribution in [2.45, 2.75) is 52.1 Å². The van der Waals surface area contributed by atoms with Crippen LogP contribution < -0.4 is 16.4 Å². The summed E-state index contributed by atoms with van der Waals surface area (Å²) >= 11 is 0. The van der Waals surface area contributed by atoms with Gasteiger partial charge < -0.3 is 21.3 Å². The predicted molar refractivity (Wildman–Crippen MR) is 79.1 cm³/mol. The lowest BCUT2D eigenvalue weighted by molar-refractivity contribution is 0.219. The van der Waals surface area contributed by atoms with E-state index < -0.39 is 0 Å². The average Bonchev–Trinajstić information content (AvgIpc) is 2.93. The molecule has 112 valence electrons. The third-order valence-electron chi connectivity index (χ3n) is 3.07. The topological polar surface area (TPSA) is 70.2 Å². The molecule has 0 aromatic heterocycles. The van der Waals surface area contributed by atoms with Crippen LogP contribution in [0.4, 0.5) is 4.79 Å². The molecule has 1 atom stereocenters. The Labute approximate surface area is 117 Å². The van der Waals surface area contributed by atoms with E-state index in [4.69, 9.17) is 5.73 Å². The van der Waals surface area contributed by atoms with Gasteiger partial charge in [-0.25, -0.2) is 4.79 Å². The van der Waals surface area contributed by atoms with Crippen molar-refractivity contribution in [1.29, 1.82) is 0 Å². The zero-order chi connectivity index (χ0) is 14.7. The van der Waals surface area contributed by atoms with Crippen molar-refractivity contribution in [3.63, 3.8) is 0 Å². The lowest BCUT2D eigenvalue weighted by Gasteiger charge is -2.33. The third-order valence-corrected chi connectivity index (χ3v) is 3.07. The van der Waals surface area contributed by atoms with Crippen LogP contribution in [0.1, 0.15) is 41.0 Å². The predicted octanol–water partition coefficient (Wildman–Crippen LogP) is 1.14. The molecule has 1 rings (SSSR count). The molecule has 1 aliphatic heterocycles. The second-order valence-corrected chi connectivity index (χ2v) is 7.29. The van der Waals surface area contributed by atoms with Crippen molar-refractivity contribution in [2.75, 3.05) is 26.2 Å². The Kier molecular flexibility index (Phi) is 5.21. The molecule has 1 unspecified atom stereocenters. The number of carbonyl (C=O) groups excluding carboxylic acids is 1. The number of nitrogens with two attached hydrogens (primary N) is 1. The van der Waals surface area contributed by atoms with Crippen molar-refractivity contribution in [2.24, 2.45) is 11.7 Å². The minimum atomic E-state index is -0.300. The summed E-state index contributed by atoms with van der Waals surface area (Å²) in [6.07, 6.45) is 0.733. The van der Waals surface area contributed by atoms with E-state index in [9.17, 15) is 4.79 Å². The summed E-state index contributed by atoms with van der Waals surface area (Å²) in [4.78, 5) is 14.2. The first kappa shape index (κ1) is 16.2. The smallest absolute Gasteiger partial charge is 0.315 e. The summed E-state index contributed by atoms with van der Waals surface area (Å²) in [6.45, 7) is 14.3. The van der Waals surface area contributed by atoms with Gasteiger partial charge in [0.1, 0.15) is 0 Å². The number of carbonyl (C=O) groups is 1. The fourth-order valence-electron chi connectivity index (χ4n) is 2.56. The molecule has 0 bridgehead atoms. The molecule has 5 nitrogen and oxygen atoms in total. The quantitative estimate of drug-likeness (QED) is 0.608. The summed E-state index contributed by atoms with van der Waals surface area (Å²) < 4.78 is 0. The molecule has 0 aliphatic carbocycles. The largest absolute Gasteiger partial charge is 0.338 e. The molecule has 0 spiro atoms. The van der Waals surface area contributed by atoms with Crippen molar-refractivity contribution in [3.05, 3.63) is 0 Å². The first-order valence-corrected chi connectivity index (χ1v) is 7.15. The van der Waals surface area contributed by atoms with Gasteiger partial charge in [0.25, 0.3) is 0 Å². The molecule has 1 saturated heterocycles. The van der Waals surface area contributed by atoms with Crippen LogP contribution in [0.25, 0.3) is 0 Å². The van der Waals surface area contributed by atoms with Crippen LogP contribution in [0, 0.1) is 5.92 Å². The second-order valence-electron chi connectivity index (χ2n) is 7.29. The first-order valence-electron chi connectivity index (χ1n) is 7.15. The van der Waals surface area contributed by atoms with Crippen LogP contribution in [0.5, 0.6) is 0 Å². The minimum absolute atomic E-state index is 0.105. The van der Waals surface area contributed by atoms with Gasteiger partial charge in [0.15, 0.2) is 0 Å². The molecule has 0 radical (unpaired) electrons. The molecule has 1 aliphatic rings. The van der Waals surface area contributed by atoms with Gasteiger partial charge in [-0.2, -0.15) is 0 Å². The molecular weight excluding hydrogens is 240 g/mol. The third kappa shape index (κ3) is 8.06. The van der Waals surface area contributed by atoms with Gasteiger partial charge in [-0.3, -0.25) is 0 Å². The Morgan fingerprint density at radius 2 is 1.89 bits per heavy atom. The van der Waals surface area contributed by atoms with Gasteiger partial charge in [0.05, 0.1) is 0 Å². The zero-order valence-corrected chi connectivity index (χ0v) is 13.0. The molecule has 5 heteroatoms. The second kappa shape index (κ2) is 6.09. The Balaban J connectivity index is 2.25. The number of hydrogen-bond donors (Lipinski definition) is 3. The van der Waals surface area contributed by atoms with Crippen LogP contribution in [-0.4, -0.2) is 48.2 Å². The van der Waals surface area contributed by atoms with Gasteiger partial charge in [-0.05, 0) is 40.0 Å². The summed E-state index contributed by atoms with van der Waals surface area (Å²) in [5.41, 5.74) is 5.42. The van der Waals surface area contributed by atoms with Gasteiger partial charge in [0.2, 0.25) is 0 Å². The first-order chi connectivity index (χ1) is 8.57. The van der Waals surface area contributed by atoms with Crippen LogP contribution in [0.2, 0.25) is 0 Å². The van der Waals surface area contributed by atoms with Crippen LogP contribution in [0.15, 0.2) is 0 Å². The maximum absolute atomic E-state index is 11.9. The summed E-state index contributed by atoms with van der Waals surface area (Å²) in [6, 6.07) is -0.105. The van der Waals surface area contributed by atoms with Crippen LogP contribution in [0.3, 0.4) is 0 Å². The Morgan fingerprint density at radius 3 is 2.37 bits per heavy atom. The number of urea groups is 1. The van der Waals surface area contributed by atoms with E-state index in [1.807, 2.05) is 27.7 Å². The molecule has 1 heterocycles. The fourth-order valence-corrected chi connectivity index (χ4v) is 2.56. The number of rotatable bonds is 7. The number of nitrogens with zero attached hydrogens (tertiary/aromatic N) is 1. The SMILES string of the molecule is CC(CNC(=O)NC(C)(C)CC(C)(C)N)CN1CC1. The van der Waals surface area contributed by atoms with E-state index in [0.29, 0.717) is 12.5 Å². The maximum atomic E-state index is 11.9. The molecule has 0 aromatic carbocycles. The molecule has 1 fully saturated rings. The Morgan fingerprint density at radius 1 is 1.32 bits per heavy atom. The minimum Gasteiger partial charge on any atom is -0.338 e. The molecular formula is C14H30N4O. The maximum Gasteiger partial charge on any atom is 0.315 e. The highest BCUT2D eigenvalue weighted by Gasteiger charge is 2.27. The summed E-state index contributed by atoms with van der Waals surface area (Å²) in [5, 5.41) is 5.93. The number of amides is 2. The van der Waals surface area contributed by atoms with Crippen molar-refractivity contribution >= 4 is 6.03 Å². The Hall–Kier alpha value is -0.810. The van der Waals surface area contributed by atoms with E-state index in [1.54, 1.807) is 0 Å². The van der Waals surface area contributed by atoms with Gasteiger partial charge >= 0.3 is 6.03 Å². The monoisotopic (exact) mass is 270 g/mol. The highest BCUT2D eigenvalue weighted by molar-refractivity contribution is 5.74. The van der Waals surface area contributed by atoms with Gasteiger partial charge in [0, 0.05) is 37.3 Å². The van der Waals surface area contributed by atoms with Crippen molar-refractivity contribution in [1.82, 2.24) is 15.5 Å². The summed E-state index contributed by atoms with van der Waals surface area (Å²) in [5.74, 6) is 0.488. The molecule has 0 aromatic rings. The van der Waals surface area contributed by atoms with Crippen LogP contribution >= 0.6 is 0 Å². The molecule has 0 saturated carbocycles. The van der Waals surface area contributed by atoms with E-state index in [0.717, 1.165) is 13.0 Å². The highest BCUT2D eigenvalue weighted by atomic mass is 16.2. The van der Waals surface area contributed by atoms with Crippen molar-refractivity contribution in [3.8, 4) is 0 Å². The zero-order valence-electron chi connectivity index (χ0n) is 13.0. The van der Waals surface area contributed by atoms with Crippen LogP contribution in [-0.2, 0) is 0 Å². The molecule has 19 heavy (non-hydrogen) atoms. The normalized spacial score (nSPS) is 18.0. The van der Waals surface area contributed by atoms with E-state index in [1.165, 1.54) is 13.1 Å². The lowest BCUT2D eigenvalue weighted by Crippen LogP contribution is -2.53. The van der Waals surface area contributed by atoms with Gasteiger partial charge in [-0.15, -0.1) is 0 Å². The lowest BCUT2D eigenvalue weighted by atomic mass is 9.88. The van der Waals surface area contributed by atoms with Crippen molar-refractivity contribution < 1.29 is 4.79 Å². The van der Waals surface area contributed by atoms with E-state index in [-0.39, 0.29) is 17.1 Å². The fraction of sp³-hybridized carbons (Fsp3) is 0.929. The van der Waals surface area contributed by atoms with E-state index in [2.05, 4.69) is 22.5 Å². The number of nitrogens with one attached hydrogen (secondary N) is 2. The average molecular weight is 270 g/mol. The summed E-state index contributed by atoms with van der Waals surface area (Å²) in [7, 11) is 0. The van der Waals surface area contributed by atoms with Gasteiger partial charge in [-0.1, -0.05) is 6.92 Å². The standard InChI is InChI=1S/C14H30N4O/c1-11(9-18-6-7-18)8-16-12(19)17-14(4,5)10-13(2,3)15/h11H,6-10,15H2,1-5H3,(H2,16,17,19). The number of hydrogen-bond acceptors (Lipinski definition) is 3.